The summed E-state index contributed by atoms with van der Waals surface area (Å²) < 4.78 is 0. The summed E-state index contributed by atoms with van der Waals surface area (Å²) in [5.74, 6) is -0.814. The molecule has 0 bridgehead atoms. The van der Waals surface area contributed by atoms with E-state index in [1.165, 1.54) is 10.5 Å². The molecule has 1 fully saturated rings. The molecule has 2 aliphatic rings. The standard InChI is InChI=1S/C25H35N3O3/c1-16-21(24(31)27(5)6)13-18(14-22(29)26-20-11-12-20)23(30)28(16)15-17-7-9-19(10-8-17)25(2,3)4/h7-10,18,20H,11-15H2,1-6H3,(H,26,29). The molecule has 6 nitrogen and oxygen atoms in total. The Labute approximate surface area is 185 Å². The summed E-state index contributed by atoms with van der Waals surface area (Å²) >= 11 is 0. The Bertz CT molecular complexity index is 890. The van der Waals surface area contributed by atoms with Gasteiger partial charge >= 0.3 is 0 Å². The van der Waals surface area contributed by atoms with Crippen molar-refractivity contribution in [3.05, 3.63) is 46.7 Å². The second kappa shape index (κ2) is 8.85. The van der Waals surface area contributed by atoms with E-state index in [9.17, 15) is 14.4 Å². The van der Waals surface area contributed by atoms with E-state index in [2.05, 4.69) is 38.2 Å². The first-order valence-electron chi connectivity index (χ1n) is 11.1. The van der Waals surface area contributed by atoms with Crippen LogP contribution < -0.4 is 5.32 Å². The molecule has 1 heterocycles. The van der Waals surface area contributed by atoms with Gasteiger partial charge in [0.2, 0.25) is 11.8 Å². The first-order valence-corrected chi connectivity index (χ1v) is 11.1. The Morgan fingerprint density at radius 3 is 2.26 bits per heavy atom. The summed E-state index contributed by atoms with van der Waals surface area (Å²) in [7, 11) is 3.42. The zero-order valence-electron chi connectivity index (χ0n) is 19.6. The topological polar surface area (TPSA) is 69.7 Å². The SMILES string of the molecule is CC1=C(C(=O)N(C)C)CC(CC(=O)NC2CC2)C(=O)N1Cc1ccc(C(C)(C)C)cc1. The minimum atomic E-state index is -0.518. The van der Waals surface area contributed by atoms with Crippen LogP contribution in [-0.2, 0) is 26.3 Å². The third kappa shape index (κ3) is 5.54. The summed E-state index contributed by atoms with van der Waals surface area (Å²) in [6.45, 7) is 8.72. The first kappa shape index (κ1) is 23.0. The number of benzene rings is 1. The molecule has 1 saturated carbocycles. The van der Waals surface area contributed by atoms with Gasteiger partial charge in [0.25, 0.3) is 5.91 Å². The van der Waals surface area contributed by atoms with Gasteiger partial charge in [-0.15, -0.1) is 0 Å². The molecule has 0 radical (unpaired) electrons. The lowest BCUT2D eigenvalue weighted by molar-refractivity contribution is -0.139. The predicted molar refractivity (Wildman–Crippen MR) is 121 cm³/mol. The van der Waals surface area contributed by atoms with E-state index < -0.39 is 5.92 Å². The van der Waals surface area contributed by atoms with E-state index in [0.29, 0.717) is 24.2 Å². The van der Waals surface area contributed by atoms with Crippen molar-refractivity contribution in [1.29, 1.82) is 0 Å². The number of likely N-dealkylation sites (N-methyl/N-ethyl adjacent to an activating group) is 1. The largest absolute Gasteiger partial charge is 0.353 e. The molecule has 1 aliphatic carbocycles. The van der Waals surface area contributed by atoms with Gasteiger partial charge in [0.15, 0.2) is 0 Å². The third-order valence-electron chi connectivity index (χ3n) is 6.11. The van der Waals surface area contributed by atoms with Crippen LogP contribution in [0.4, 0.5) is 0 Å². The van der Waals surface area contributed by atoms with Crippen LogP contribution in [-0.4, -0.2) is 47.7 Å². The fourth-order valence-corrected chi connectivity index (χ4v) is 3.93. The van der Waals surface area contributed by atoms with Crippen molar-refractivity contribution in [2.45, 2.75) is 71.4 Å². The summed E-state index contributed by atoms with van der Waals surface area (Å²) in [5, 5.41) is 2.96. The molecule has 1 aromatic rings. The van der Waals surface area contributed by atoms with Gasteiger partial charge in [-0.3, -0.25) is 14.4 Å². The number of hydrogen-bond donors (Lipinski definition) is 1. The number of rotatable bonds is 6. The number of allylic oxidation sites excluding steroid dienone is 1. The molecule has 3 rings (SSSR count). The summed E-state index contributed by atoms with van der Waals surface area (Å²) in [6, 6.07) is 8.52. The van der Waals surface area contributed by atoms with E-state index in [4.69, 9.17) is 0 Å². The smallest absolute Gasteiger partial charge is 0.251 e. The van der Waals surface area contributed by atoms with E-state index in [-0.39, 0.29) is 35.6 Å². The van der Waals surface area contributed by atoms with Gasteiger partial charge in [0.05, 0.1) is 12.5 Å². The number of carbonyl (C=O) groups is 3. The highest BCUT2D eigenvalue weighted by atomic mass is 16.2. The van der Waals surface area contributed by atoms with Crippen LogP contribution in [0.25, 0.3) is 0 Å². The lowest BCUT2D eigenvalue weighted by atomic mass is 9.86. The van der Waals surface area contributed by atoms with Crippen molar-refractivity contribution in [2.75, 3.05) is 14.1 Å². The van der Waals surface area contributed by atoms with Gasteiger partial charge in [-0.05, 0) is 42.7 Å². The Hall–Kier alpha value is -2.63. The van der Waals surface area contributed by atoms with Crippen LogP contribution in [0.2, 0.25) is 0 Å². The van der Waals surface area contributed by atoms with Crippen molar-refractivity contribution in [3.8, 4) is 0 Å². The lowest BCUT2D eigenvalue weighted by Gasteiger charge is -2.35. The fourth-order valence-electron chi connectivity index (χ4n) is 3.93. The minimum absolute atomic E-state index is 0.0562. The Morgan fingerprint density at radius 2 is 1.74 bits per heavy atom. The second-order valence-electron chi connectivity index (χ2n) is 10.1. The maximum atomic E-state index is 13.3. The van der Waals surface area contributed by atoms with Gasteiger partial charge in [0, 0.05) is 37.8 Å². The molecule has 1 atom stereocenters. The van der Waals surface area contributed by atoms with Crippen molar-refractivity contribution in [2.24, 2.45) is 5.92 Å². The van der Waals surface area contributed by atoms with Gasteiger partial charge in [-0.1, -0.05) is 45.0 Å². The quantitative estimate of drug-likeness (QED) is 0.760. The third-order valence-corrected chi connectivity index (χ3v) is 6.11. The maximum absolute atomic E-state index is 13.3. The van der Waals surface area contributed by atoms with Crippen LogP contribution in [0.1, 0.15) is 64.5 Å². The Balaban J connectivity index is 1.85. The second-order valence-corrected chi connectivity index (χ2v) is 10.1. The summed E-state index contributed by atoms with van der Waals surface area (Å²) in [4.78, 5) is 41.8. The van der Waals surface area contributed by atoms with E-state index in [0.717, 1.165) is 18.4 Å². The van der Waals surface area contributed by atoms with Crippen LogP contribution in [0.15, 0.2) is 35.5 Å². The number of carbonyl (C=O) groups excluding carboxylic acids is 3. The van der Waals surface area contributed by atoms with Crippen LogP contribution >= 0.6 is 0 Å². The van der Waals surface area contributed by atoms with Crippen LogP contribution in [0.5, 0.6) is 0 Å². The van der Waals surface area contributed by atoms with Crippen LogP contribution in [0.3, 0.4) is 0 Å². The molecule has 1 aliphatic heterocycles. The molecule has 1 aromatic carbocycles. The molecule has 0 spiro atoms. The van der Waals surface area contributed by atoms with Crippen LogP contribution in [0, 0.1) is 5.92 Å². The minimum Gasteiger partial charge on any atom is -0.353 e. The van der Waals surface area contributed by atoms with Gasteiger partial charge in [0.1, 0.15) is 0 Å². The molecule has 1 unspecified atom stereocenters. The lowest BCUT2D eigenvalue weighted by Crippen LogP contribution is -2.43. The van der Waals surface area contributed by atoms with Crippen molar-refractivity contribution in [3.63, 3.8) is 0 Å². The molecule has 0 saturated heterocycles. The number of nitrogens with one attached hydrogen (secondary N) is 1. The monoisotopic (exact) mass is 425 g/mol. The molecular weight excluding hydrogens is 390 g/mol. The summed E-state index contributed by atoms with van der Waals surface area (Å²) in [5.41, 5.74) is 3.58. The molecule has 1 N–H and O–H groups in total. The molecular formula is C25H35N3O3. The maximum Gasteiger partial charge on any atom is 0.251 e. The molecule has 31 heavy (non-hydrogen) atoms. The molecule has 6 heteroatoms. The van der Waals surface area contributed by atoms with E-state index in [1.54, 1.807) is 19.0 Å². The van der Waals surface area contributed by atoms with Crippen molar-refractivity contribution >= 4 is 17.7 Å². The van der Waals surface area contributed by atoms with Crippen molar-refractivity contribution < 1.29 is 14.4 Å². The fraction of sp³-hybridized carbons (Fsp3) is 0.560. The number of hydrogen-bond acceptors (Lipinski definition) is 3. The van der Waals surface area contributed by atoms with Gasteiger partial charge in [-0.2, -0.15) is 0 Å². The molecule has 3 amide bonds. The average molecular weight is 426 g/mol. The Kier molecular flexibility index (Phi) is 6.58. The highest BCUT2D eigenvalue weighted by Gasteiger charge is 2.37. The first-order chi connectivity index (χ1) is 14.5. The van der Waals surface area contributed by atoms with E-state index >= 15 is 0 Å². The highest BCUT2D eigenvalue weighted by Crippen LogP contribution is 2.32. The normalized spacial score (nSPS) is 19.5. The zero-order chi connectivity index (χ0) is 22.9. The molecule has 168 valence electrons. The van der Waals surface area contributed by atoms with Crippen molar-refractivity contribution in [1.82, 2.24) is 15.1 Å². The highest BCUT2D eigenvalue weighted by molar-refractivity contribution is 5.98. The van der Waals surface area contributed by atoms with E-state index in [1.807, 2.05) is 19.1 Å². The van der Waals surface area contributed by atoms with Gasteiger partial charge in [-0.25, -0.2) is 0 Å². The Morgan fingerprint density at radius 1 is 1.13 bits per heavy atom. The summed E-state index contributed by atoms with van der Waals surface area (Å²) in [6.07, 6.45) is 2.43. The molecule has 0 aromatic heterocycles. The van der Waals surface area contributed by atoms with Gasteiger partial charge < -0.3 is 15.1 Å². The number of amides is 3. The zero-order valence-corrected chi connectivity index (χ0v) is 19.6. The average Bonchev–Trinajstić information content (AvgIpc) is 3.50. The predicted octanol–water partition coefficient (Wildman–Crippen LogP) is 3.36. The number of nitrogens with zero attached hydrogens (tertiary/aromatic N) is 2.